The molecule has 1 unspecified atom stereocenters. The van der Waals surface area contributed by atoms with Crippen LogP contribution in [0.1, 0.15) is 53.0 Å². The average molecular weight is 410 g/mol. The van der Waals surface area contributed by atoms with Gasteiger partial charge in [0.25, 0.3) is 0 Å². The highest BCUT2D eigenvalue weighted by Crippen LogP contribution is 2.61. The predicted molar refractivity (Wildman–Crippen MR) is 120 cm³/mol. The zero-order valence-corrected chi connectivity index (χ0v) is 18.9. The number of hydrogen-bond donors (Lipinski definition) is 2. The van der Waals surface area contributed by atoms with Gasteiger partial charge in [0.15, 0.2) is 0 Å². The largest absolute Gasteiger partial charge is 0.481 e. The van der Waals surface area contributed by atoms with E-state index in [0.717, 1.165) is 18.4 Å². The van der Waals surface area contributed by atoms with Gasteiger partial charge in [-0.15, -0.1) is 0 Å². The molecule has 30 heavy (non-hydrogen) atoms. The molecule has 1 aromatic carbocycles. The fourth-order valence-electron chi connectivity index (χ4n) is 5.49. The summed E-state index contributed by atoms with van der Waals surface area (Å²) in [6, 6.07) is 9.28. The van der Waals surface area contributed by atoms with E-state index in [9.17, 15) is 4.79 Å². The third-order valence-electron chi connectivity index (χ3n) is 7.32. The van der Waals surface area contributed by atoms with Crippen LogP contribution in [0.5, 0.6) is 0 Å². The molecular formula is C24H35BN2O3. The average Bonchev–Trinajstić information content (AvgIpc) is 3.04. The molecule has 1 heterocycles. The normalized spacial score (nSPS) is 30.9. The van der Waals surface area contributed by atoms with Gasteiger partial charge < -0.3 is 20.4 Å². The summed E-state index contributed by atoms with van der Waals surface area (Å²) in [5, 5.41) is 3.16. The minimum Gasteiger partial charge on any atom is -0.404 e. The number of rotatable bonds is 7. The molecule has 1 aromatic rings. The zero-order chi connectivity index (χ0) is 21.7. The predicted octanol–water partition coefficient (Wildman–Crippen LogP) is 3.27. The van der Waals surface area contributed by atoms with Gasteiger partial charge in [0.05, 0.1) is 23.7 Å². The summed E-state index contributed by atoms with van der Waals surface area (Å²) >= 11 is 0. The quantitative estimate of drug-likeness (QED) is 0.535. The molecule has 4 aliphatic rings. The first kappa shape index (κ1) is 21.6. The number of carbonyl (C=O) groups is 1. The van der Waals surface area contributed by atoms with E-state index in [0.29, 0.717) is 18.3 Å². The van der Waals surface area contributed by atoms with Crippen molar-refractivity contribution in [2.75, 3.05) is 0 Å². The summed E-state index contributed by atoms with van der Waals surface area (Å²) < 4.78 is 13.0. The SMILES string of the molecule is CC(C)C[C@H](NC(=O)[C@@H](N)Cc1ccccc1)B1O[C@@H]2CC3=CC(C3(C)C)[C@]2(C)O1. The molecule has 0 spiro atoms. The van der Waals surface area contributed by atoms with E-state index in [1.54, 1.807) is 0 Å². The summed E-state index contributed by atoms with van der Waals surface area (Å²) in [4.78, 5) is 12.9. The number of hydrogen-bond acceptors (Lipinski definition) is 4. The minimum atomic E-state index is -0.600. The third-order valence-corrected chi connectivity index (χ3v) is 7.32. The van der Waals surface area contributed by atoms with E-state index in [2.05, 4.69) is 46.0 Å². The summed E-state index contributed by atoms with van der Waals surface area (Å²) in [6.07, 6.45) is 4.61. The molecule has 0 radical (unpaired) electrons. The number of benzene rings is 1. The lowest BCUT2D eigenvalue weighted by atomic mass is 9.50. The van der Waals surface area contributed by atoms with E-state index in [1.165, 1.54) is 5.57 Å². The number of carbonyl (C=O) groups excluding carboxylic acids is 1. The van der Waals surface area contributed by atoms with Gasteiger partial charge in [-0.1, -0.05) is 69.7 Å². The van der Waals surface area contributed by atoms with E-state index in [4.69, 9.17) is 15.0 Å². The lowest BCUT2D eigenvalue weighted by Crippen LogP contribution is -2.59. The van der Waals surface area contributed by atoms with Crippen LogP contribution in [-0.2, 0) is 20.5 Å². The third kappa shape index (κ3) is 3.74. The summed E-state index contributed by atoms with van der Waals surface area (Å²) in [6.45, 7) is 11.1. The van der Waals surface area contributed by atoms with Crippen molar-refractivity contribution in [1.29, 1.82) is 0 Å². The Kier molecular flexibility index (Phi) is 5.62. The molecule has 5 rings (SSSR count). The highest BCUT2D eigenvalue weighted by Gasteiger charge is 2.65. The molecule has 0 aromatic heterocycles. The van der Waals surface area contributed by atoms with Crippen LogP contribution >= 0.6 is 0 Å². The Labute approximate surface area is 180 Å². The van der Waals surface area contributed by atoms with Crippen LogP contribution < -0.4 is 11.1 Å². The Balaban J connectivity index is 1.44. The number of nitrogens with one attached hydrogen (secondary N) is 1. The first-order valence-electron chi connectivity index (χ1n) is 11.3. The van der Waals surface area contributed by atoms with E-state index < -0.39 is 13.2 Å². The van der Waals surface area contributed by atoms with Crippen molar-refractivity contribution in [2.45, 2.75) is 77.6 Å². The molecule has 1 saturated heterocycles. The minimum absolute atomic E-state index is 0.0464. The Hall–Kier alpha value is -1.63. The van der Waals surface area contributed by atoms with Gasteiger partial charge >= 0.3 is 7.12 Å². The summed E-state index contributed by atoms with van der Waals surface area (Å²) in [5.41, 5.74) is 8.58. The highest BCUT2D eigenvalue weighted by molar-refractivity contribution is 6.48. The van der Waals surface area contributed by atoms with Crippen LogP contribution in [-0.4, -0.2) is 36.7 Å². The fourth-order valence-corrected chi connectivity index (χ4v) is 5.49. The van der Waals surface area contributed by atoms with Gasteiger partial charge in [0.1, 0.15) is 0 Å². The Morgan fingerprint density at radius 1 is 1.27 bits per heavy atom. The maximum atomic E-state index is 12.9. The van der Waals surface area contributed by atoms with Crippen molar-refractivity contribution in [3.63, 3.8) is 0 Å². The van der Waals surface area contributed by atoms with Gasteiger partial charge in [-0.3, -0.25) is 4.79 Å². The molecule has 1 saturated carbocycles. The molecule has 6 heteroatoms. The van der Waals surface area contributed by atoms with Gasteiger partial charge in [-0.2, -0.15) is 0 Å². The van der Waals surface area contributed by atoms with Crippen LogP contribution in [0.4, 0.5) is 0 Å². The molecule has 1 amide bonds. The second-order valence-corrected chi connectivity index (χ2v) is 10.4. The van der Waals surface area contributed by atoms with Crippen molar-refractivity contribution in [2.24, 2.45) is 23.0 Å². The van der Waals surface area contributed by atoms with Crippen LogP contribution in [0.3, 0.4) is 0 Å². The molecular weight excluding hydrogens is 375 g/mol. The molecule has 2 fully saturated rings. The Morgan fingerprint density at radius 2 is 1.97 bits per heavy atom. The highest BCUT2D eigenvalue weighted by atomic mass is 16.7. The first-order valence-corrected chi connectivity index (χ1v) is 11.3. The molecule has 3 N–H and O–H groups in total. The lowest BCUT2D eigenvalue weighted by molar-refractivity contribution is -0.122. The van der Waals surface area contributed by atoms with Crippen LogP contribution in [0.25, 0.3) is 0 Å². The topological polar surface area (TPSA) is 73.6 Å². The van der Waals surface area contributed by atoms with Gasteiger partial charge in [0, 0.05) is 5.92 Å². The van der Waals surface area contributed by atoms with Crippen LogP contribution in [0.15, 0.2) is 42.0 Å². The van der Waals surface area contributed by atoms with Crippen molar-refractivity contribution < 1.29 is 14.1 Å². The molecule has 5 nitrogen and oxygen atoms in total. The lowest BCUT2D eigenvalue weighted by Gasteiger charge is -2.58. The standard InChI is InChI=1S/C24H35BN2O3/c1-15(2)11-21(27-22(28)18(26)12-16-9-7-6-8-10-16)25-29-20-14-17-13-19(23(17,3)4)24(20,5)30-25/h6-10,13,15,18-21H,11-12,14,26H2,1-5H3,(H,27,28)/t18-,19?,20+,21-,24-/m0/s1. The van der Waals surface area contributed by atoms with E-state index in [1.807, 2.05) is 30.3 Å². The molecule has 1 aliphatic heterocycles. The fraction of sp³-hybridized carbons (Fsp3) is 0.625. The summed E-state index contributed by atoms with van der Waals surface area (Å²) in [5.74, 6) is 0.378. The zero-order valence-electron chi connectivity index (χ0n) is 18.9. The van der Waals surface area contributed by atoms with Crippen molar-refractivity contribution in [3.8, 4) is 0 Å². The smallest absolute Gasteiger partial charge is 0.404 e. The molecule has 2 bridgehead atoms. The Morgan fingerprint density at radius 3 is 2.60 bits per heavy atom. The molecule has 5 atom stereocenters. The van der Waals surface area contributed by atoms with Gasteiger partial charge in [0.2, 0.25) is 5.91 Å². The molecule has 162 valence electrons. The first-order chi connectivity index (χ1) is 14.1. The van der Waals surface area contributed by atoms with Gasteiger partial charge in [-0.05, 0) is 43.1 Å². The van der Waals surface area contributed by atoms with Crippen molar-refractivity contribution >= 4 is 13.0 Å². The summed E-state index contributed by atoms with van der Waals surface area (Å²) in [7, 11) is -0.445. The second kappa shape index (κ2) is 7.81. The second-order valence-electron chi connectivity index (χ2n) is 10.4. The van der Waals surface area contributed by atoms with E-state index >= 15 is 0 Å². The van der Waals surface area contributed by atoms with Crippen molar-refractivity contribution in [3.05, 3.63) is 47.5 Å². The van der Waals surface area contributed by atoms with E-state index in [-0.39, 0.29) is 29.0 Å². The maximum Gasteiger partial charge on any atom is 0.481 e. The Bertz CT molecular complexity index is 825. The van der Waals surface area contributed by atoms with Crippen LogP contribution in [0, 0.1) is 17.3 Å². The molecule has 3 aliphatic carbocycles. The number of nitrogens with two attached hydrogens (primary N) is 1. The number of amides is 1. The van der Waals surface area contributed by atoms with Gasteiger partial charge in [-0.25, -0.2) is 0 Å². The van der Waals surface area contributed by atoms with Crippen molar-refractivity contribution in [1.82, 2.24) is 5.32 Å². The monoisotopic (exact) mass is 410 g/mol. The van der Waals surface area contributed by atoms with Crippen LogP contribution in [0.2, 0.25) is 0 Å². The maximum absolute atomic E-state index is 12.9.